The molecule has 7 nitrogen and oxygen atoms in total. The predicted octanol–water partition coefficient (Wildman–Crippen LogP) is 4.34. The van der Waals surface area contributed by atoms with E-state index in [0.29, 0.717) is 47.8 Å². The minimum absolute atomic E-state index is 0.240. The smallest absolute Gasteiger partial charge is 0.416 e. The number of pyridine rings is 1. The molecule has 10 heteroatoms. The highest BCUT2D eigenvalue weighted by molar-refractivity contribution is 6.02. The molecule has 182 valence electrons. The summed E-state index contributed by atoms with van der Waals surface area (Å²) in [4.78, 5) is 19.6. The molecule has 1 saturated heterocycles. The van der Waals surface area contributed by atoms with Crippen molar-refractivity contribution in [3.8, 4) is 22.5 Å². The molecule has 0 radical (unpaired) electrons. The highest BCUT2D eigenvalue weighted by Crippen LogP contribution is 2.32. The van der Waals surface area contributed by atoms with Crippen molar-refractivity contribution in [3.63, 3.8) is 0 Å². The molecule has 0 bridgehead atoms. The van der Waals surface area contributed by atoms with Crippen molar-refractivity contribution >= 4 is 11.4 Å². The molecule has 1 N–H and O–H groups in total. The molecule has 1 aromatic carbocycles. The van der Waals surface area contributed by atoms with Crippen molar-refractivity contribution in [2.24, 2.45) is 0 Å². The molecule has 1 aliphatic rings. The van der Waals surface area contributed by atoms with Crippen molar-refractivity contribution < 1.29 is 27.1 Å². The zero-order valence-electron chi connectivity index (χ0n) is 18.7. The first kappa shape index (κ1) is 23.1. The summed E-state index contributed by atoms with van der Waals surface area (Å²) < 4.78 is 51.2. The number of morpholine rings is 1. The Morgan fingerprint density at radius 2 is 1.80 bits per heavy atom. The Balaban J connectivity index is 1.45. The summed E-state index contributed by atoms with van der Waals surface area (Å²) in [7, 11) is 0. The average Bonchev–Trinajstić information content (AvgIpc) is 3.51. The third-order valence-corrected chi connectivity index (χ3v) is 6.05. The van der Waals surface area contributed by atoms with Crippen LogP contribution in [0.25, 0.3) is 28.0 Å². The van der Waals surface area contributed by atoms with Gasteiger partial charge in [-0.15, -0.1) is 0 Å². The van der Waals surface area contributed by atoms with E-state index in [0.717, 1.165) is 37.3 Å². The third-order valence-electron chi connectivity index (χ3n) is 6.05. The summed E-state index contributed by atoms with van der Waals surface area (Å²) in [5.41, 5.74) is 2.83. The zero-order valence-corrected chi connectivity index (χ0v) is 18.7. The van der Waals surface area contributed by atoms with E-state index < -0.39 is 11.7 Å². The number of benzene rings is 1. The van der Waals surface area contributed by atoms with Crippen LogP contribution in [0.1, 0.15) is 15.9 Å². The second kappa shape index (κ2) is 9.55. The lowest BCUT2D eigenvalue weighted by atomic mass is 10.1. The first-order valence-corrected chi connectivity index (χ1v) is 11.2. The Bertz CT molecular complexity index is 1310. The van der Waals surface area contributed by atoms with Crippen LogP contribution in [-0.4, -0.2) is 59.6 Å². The van der Waals surface area contributed by atoms with Gasteiger partial charge in [-0.2, -0.15) is 13.2 Å². The molecule has 3 aromatic heterocycles. The maximum atomic E-state index is 13.1. The molecule has 5 rings (SSSR count). The Morgan fingerprint density at radius 1 is 1.06 bits per heavy atom. The number of hydrogen-bond donors (Lipinski definition) is 1. The molecule has 4 aromatic rings. The largest absolute Gasteiger partial charge is 0.451 e. The first-order chi connectivity index (χ1) is 16.9. The number of carbonyl (C=O) groups is 1. The van der Waals surface area contributed by atoms with Crippen LogP contribution < -0.4 is 5.32 Å². The van der Waals surface area contributed by atoms with E-state index in [1.807, 2.05) is 16.5 Å². The Kier molecular flexibility index (Phi) is 6.31. The van der Waals surface area contributed by atoms with Crippen LogP contribution in [0.15, 0.2) is 65.7 Å². The molecule has 1 fully saturated rings. The Morgan fingerprint density at radius 3 is 2.49 bits per heavy atom. The number of nitrogens with one attached hydrogen (secondary N) is 1. The lowest BCUT2D eigenvalue weighted by Crippen LogP contribution is -2.41. The van der Waals surface area contributed by atoms with Gasteiger partial charge in [0.1, 0.15) is 12.0 Å². The molecule has 0 aliphatic carbocycles. The van der Waals surface area contributed by atoms with Crippen LogP contribution in [0.5, 0.6) is 0 Å². The Labute approximate surface area is 199 Å². The van der Waals surface area contributed by atoms with Crippen LogP contribution in [-0.2, 0) is 10.9 Å². The van der Waals surface area contributed by atoms with Crippen LogP contribution in [0, 0.1) is 0 Å². The number of ether oxygens (including phenoxy) is 1. The van der Waals surface area contributed by atoms with Gasteiger partial charge in [0.05, 0.1) is 30.0 Å². The molecule has 0 saturated carbocycles. The van der Waals surface area contributed by atoms with Crippen molar-refractivity contribution in [1.82, 2.24) is 19.6 Å². The summed E-state index contributed by atoms with van der Waals surface area (Å²) in [5, 5.41) is 2.98. The topological polar surface area (TPSA) is 72.0 Å². The van der Waals surface area contributed by atoms with Crippen molar-refractivity contribution in [3.05, 3.63) is 72.4 Å². The minimum Gasteiger partial charge on any atom is -0.451 e. The normalized spacial score (nSPS) is 14.9. The van der Waals surface area contributed by atoms with E-state index in [4.69, 9.17) is 9.15 Å². The summed E-state index contributed by atoms with van der Waals surface area (Å²) >= 11 is 0. The van der Waals surface area contributed by atoms with Gasteiger partial charge < -0.3 is 18.9 Å². The second-order valence-corrected chi connectivity index (χ2v) is 8.28. The fourth-order valence-electron chi connectivity index (χ4n) is 4.20. The maximum Gasteiger partial charge on any atom is 0.416 e. The fraction of sp³-hybridized carbons (Fsp3) is 0.280. The maximum absolute atomic E-state index is 13.1. The summed E-state index contributed by atoms with van der Waals surface area (Å²) in [6.07, 6.45) is 0.130. The van der Waals surface area contributed by atoms with Gasteiger partial charge in [-0.05, 0) is 35.4 Å². The van der Waals surface area contributed by atoms with Gasteiger partial charge in [-0.25, -0.2) is 4.98 Å². The lowest BCUT2D eigenvalue weighted by Gasteiger charge is -2.26. The standard InChI is InChI=1S/C25H23F3N4O3/c26-25(27,28)19-4-1-17(2-5-19)18-3-6-20-13-21(23(32(20)14-18)22-15-35-16-30-22)24(33)29-7-8-31-9-11-34-12-10-31/h1-6,13-16H,7-12H2,(H,29,33). The Hall–Kier alpha value is -3.63. The highest BCUT2D eigenvalue weighted by Gasteiger charge is 2.30. The van der Waals surface area contributed by atoms with Gasteiger partial charge in [0.25, 0.3) is 5.91 Å². The average molecular weight is 484 g/mol. The van der Waals surface area contributed by atoms with Gasteiger partial charge in [-0.3, -0.25) is 9.69 Å². The number of rotatable bonds is 6. The van der Waals surface area contributed by atoms with E-state index in [1.54, 1.807) is 12.3 Å². The number of amides is 1. The minimum atomic E-state index is -4.40. The quantitative estimate of drug-likeness (QED) is 0.441. The van der Waals surface area contributed by atoms with Crippen LogP contribution in [0.2, 0.25) is 0 Å². The molecule has 1 amide bonds. The molecule has 1 aliphatic heterocycles. The van der Waals surface area contributed by atoms with Gasteiger partial charge >= 0.3 is 6.18 Å². The van der Waals surface area contributed by atoms with Crippen molar-refractivity contribution in [1.29, 1.82) is 0 Å². The van der Waals surface area contributed by atoms with Gasteiger partial charge in [-0.1, -0.05) is 18.2 Å². The molecular formula is C25H23F3N4O3. The van der Waals surface area contributed by atoms with E-state index >= 15 is 0 Å². The molecule has 35 heavy (non-hydrogen) atoms. The van der Waals surface area contributed by atoms with Crippen LogP contribution in [0.3, 0.4) is 0 Å². The number of fused-ring (bicyclic) bond motifs is 1. The van der Waals surface area contributed by atoms with Crippen molar-refractivity contribution in [2.45, 2.75) is 6.18 Å². The lowest BCUT2D eigenvalue weighted by molar-refractivity contribution is -0.137. The highest BCUT2D eigenvalue weighted by atomic mass is 19.4. The van der Waals surface area contributed by atoms with Crippen LogP contribution >= 0.6 is 0 Å². The number of alkyl halides is 3. The summed E-state index contributed by atoms with van der Waals surface area (Å²) in [6.45, 7) is 4.26. The monoisotopic (exact) mass is 484 g/mol. The number of halogens is 3. The van der Waals surface area contributed by atoms with E-state index in [-0.39, 0.29) is 5.91 Å². The van der Waals surface area contributed by atoms with Gasteiger partial charge in [0.2, 0.25) is 0 Å². The fourth-order valence-corrected chi connectivity index (χ4v) is 4.20. The predicted molar refractivity (Wildman–Crippen MR) is 123 cm³/mol. The molecule has 0 unspecified atom stereocenters. The zero-order chi connectivity index (χ0) is 24.4. The third kappa shape index (κ3) is 4.94. The molecule has 4 heterocycles. The number of nitrogens with zero attached hydrogens (tertiary/aromatic N) is 3. The summed E-state index contributed by atoms with van der Waals surface area (Å²) in [5.74, 6) is -0.240. The van der Waals surface area contributed by atoms with E-state index in [2.05, 4.69) is 15.2 Å². The van der Waals surface area contributed by atoms with E-state index in [1.165, 1.54) is 24.8 Å². The van der Waals surface area contributed by atoms with E-state index in [9.17, 15) is 18.0 Å². The summed E-state index contributed by atoms with van der Waals surface area (Å²) in [6, 6.07) is 10.4. The van der Waals surface area contributed by atoms with Gasteiger partial charge in [0.15, 0.2) is 6.39 Å². The molecule has 0 atom stereocenters. The van der Waals surface area contributed by atoms with Gasteiger partial charge in [0, 0.05) is 37.9 Å². The second-order valence-electron chi connectivity index (χ2n) is 8.28. The number of carbonyl (C=O) groups excluding carboxylic acids is 1. The number of aromatic nitrogens is 2. The first-order valence-electron chi connectivity index (χ1n) is 11.2. The SMILES string of the molecule is O=C(NCCN1CCOCC1)c1cc2ccc(-c3ccc(C(F)(F)F)cc3)cn2c1-c1cocn1. The molecular weight excluding hydrogens is 461 g/mol. The van der Waals surface area contributed by atoms with Crippen LogP contribution in [0.4, 0.5) is 13.2 Å². The number of hydrogen-bond acceptors (Lipinski definition) is 5. The number of oxazole rings is 1. The molecule has 0 spiro atoms. The van der Waals surface area contributed by atoms with Crippen molar-refractivity contribution in [2.75, 3.05) is 39.4 Å².